The molecule has 0 N–H and O–H groups in total. The molecule has 4 bridgehead atoms. The lowest BCUT2D eigenvalue weighted by molar-refractivity contribution is -0.0399. The Balaban J connectivity index is 1.20. The molecule has 0 radical (unpaired) electrons. The van der Waals surface area contributed by atoms with Gasteiger partial charge in [-0.3, -0.25) is 4.57 Å². The fourth-order valence-corrected chi connectivity index (χ4v) is 11.5. The molecule has 8 aromatic rings. The standard InChI is InChI=1S/C47H36N4/c1-3-11-30(12-4-1)44-48-45(31-13-5-2-6-14-31)50-46(49-44)51-40-20-19-39-42(43(40)37-26-32-15-7-8-16-33(32)27-41(37)51)36-17-9-10-18-38(36)47(39)34-22-28-21-29(24-34)25-35(47)23-28/h1-20,26-29,34-35H,21-25H2. The van der Waals surface area contributed by atoms with Gasteiger partial charge in [-0.2, -0.15) is 9.97 Å². The minimum absolute atomic E-state index is 0.104. The van der Waals surface area contributed by atoms with Gasteiger partial charge in [-0.25, -0.2) is 4.98 Å². The Bertz CT molecular complexity index is 2620. The lowest BCUT2D eigenvalue weighted by Crippen LogP contribution is -2.55. The summed E-state index contributed by atoms with van der Waals surface area (Å²) in [6.07, 6.45) is 6.96. The number of hydrogen-bond donors (Lipinski definition) is 0. The fraction of sp³-hybridized carbons (Fsp3) is 0.213. The van der Waals surface area contributed by atoms with Crippen molar-refractivity contribution >= 4 is 32.6 Å². The quantitative estimate of drug-likeness (QED) is 0.190. The summed E-state index contributed by atoms with van der Waals surface area (Å²) >= 11 is 0. The van der Waals surface area contributed by atoms with E-state index in [-0.39, 0.29) is 5.41 Å². The molecular weight excluding hydrogens is 621 g/mol. The van der Waals surface area contributed by atoms with Gasteiger partial charge in [0.2, 0.25) is 5.95 Å². The normalized spacial score (nSPS) is 24.2. The van der Waals surface area contributed by atoms with Crippen molar-refractivity contribution in [1.82, 2.24) is 19.5 Å². The lowest BCUT2D eigenvalue weighted by atomic mass is 9.43. The van der Waals surface area contributed by atoms with E-state index in [9.17, 15) is 0 Å². The Morgan fingerprint density at radius 1 is 0.510 bits per heavy atom. The number of nitrogens with zero attached hydrogens (tertiary/aromatic N) is 4. The van der Waals surface area contributed by atoms with Gasteiger partial charge in [0.25, 0.3) is 0 Å². The second kappa shape index (κ2) is 10.2. The molecule has 0 atom stereocenters. The van der Waals surface area contributed by atoms with E-state index in [0.717, 1.165) is 34.0 Å². The molecule has 6 aromatic carbocycles. The van der Waals surface area contributed by atoms with Gasteiger partial charge in [-0.15, -0.1) is 0 Å². The molecule has 4 saturated carbocycles. The SMILES string of the molecule is c1ccc(-c2nc(-c3ccccc3)nc(-n3c4cc5ccccc5cc4c4c5c(ccc43)C3(c4ccccc4-5)C4CC5CC(C4)CC3C5)n2)cc1. The summed E-state index contributed by atoms with van der Waals surface area (Å²) in [5, 5.41) is 5.06. The molecule has 2 aromatic heterocycles. The van der Waals surface area contributed by atoms with Crippen LogP contribution in [0.5, 0.6) is 0 Å². The molecule has 0 unspecified atom stereocenters. The minimum atomic E-state index is 0.104. The van der Waals surface area contributed by atoms with Gasteiger partial charge in [0.1, 0.15) is 0 Å². The van der Waals surface area contributed by atoms with Crippen LogP contribution in [0.15, 0.2) is 133 Å². The maximum atomic E-state index is 5.27. The van der Waals surface area contributed by atoms with Crippen molar-refractivity contribution in [3.8, 4) is 39.9 Å². The summed E-state index contributed by atoms with van der Waals surface area (Å²) in [7, 11) is 0. The Morgan fingerprint density at radius 2 is 1.10 bits per heavy atom. The number of aromatic nitrogens is 4. The van der Waals surface area contributed by atoms with E-state index in [2.05, 4.69) is 102 Å². The van der Waals surface area contributed by atoms with E-state index in [1.54, 1.807) is 11.1 Å². The van der Waals surface area contributed by atoms with E-state index in [4.69, 9.17) is 15.0 Å². The van der Waals surface area contributed by atoms with E-state index in [1.807, 2.05) is 36.4 Å². The predicted octanol–water partition coefficient (Wildman–Crippen LogP) is 11.2. The summed E-state index contributed by atoms with van der Waals surface area (Å²) in [5.41, 5.74) is 10.4. The Labute approximate surface area is 296 Å². The largest absolute Gasteiger partial charge is 0.278 e. The first-order valence-electron chi connectivity index (χ1n) is 18.7. The van der Waals surface area contributed by atoms with Crippen LogP contribution in [0.4, 0.5) is 0 Å². The third kappa shape index (κ3) is 3.77. The molecule has 5 aliphatic carbocycles. The zero-order valence-corrected chi connectivity index (χ0v) is 28.3. The topological polar surface area (TPSA) is 43.6 Å². The molecule has 244 valence electrons. The first kappa shape index (κ1) is 28.1. The third-order valence-electron chi connectivity index (χ3n) is 13.2. The molecule has 0 saturated heterocycles. The van der Waals surface area contributed by atoms with Crippen LogP contribution < -0.4 is 0 Å². The summed E-state index contributed by atoms with van der Waals surface area (Å²) in [4.78, 5) is 15.6. The van der Waals surface area contributed by atoms with E-state index in [1.165, 1.54) is 64.8 Å². The Morgan fingerprint density at radius 3 is 1.76 bits per heavy atom. The van der Waals surface area contributed by atoms with Crippen LogP contribution >= 0.6 is 0 Å². The van der Waals surface area contributed by atoms with Gasteiger partial charge in [0.15, 0.2) is 11.6 Å². The Hall–Kier alpha value is -5.61. The number of rotatable bonds is 3. The van der Waals surface area contributed by atoms with Gasteiger partial charge in [0, 0.05) is 27.3 Å². The van der Waals surface area contributed by atoms with Gasteiger partial charge in [0.05, 0.1) is 11.0 Å². The van der Waals surface area contributed by atoms with Crippen LogP contribution in [0.3, 0.4) is 0 Å². The molecule has 1 spiro atoms. The third-order valence-corrected chi connectivity index (χ3v) is 13.2. The van der Waals surface area contributed by atoms with Crippen molar-refractivity contribution < 1.29 is 0 Å². The van der Waals surface area contributed by atoms with Crippen LogP contribution in [0.25, 0.3) is 72.4 Å². The predicted molar refractivity (Wildman–Crippen MR) is 206 cm³/mol. The molecule has 0 aliphatic heterocycles. The highest BCUT2D eigenvalue weighted by atomic mass is 15.2. The smallest absolute Gasteiger partial charge is 0.238 e. The minimum Gasteiger partial charge on any atom is -0.278 e. The number of fused-ring (bicyclic) bond motifs is 8. The average Bonchev–Trinajstić information content (AvgIpc) is 3.66. The highest BCUT2D eigenvalue weighted by Crippen LogP contribution is 2.70. The lowest BCUT2D eigenvalue weighted by Gasteiger charge is -2.61. The van der Waals surface area contributed by atoms with Crippen molar-refractivity contribution in [3.05, 3.63) is 145 Å². The van der Waals surface area contributed by atoms with Gasteiger partial charge >= 0.3 is 0 Å². The van der Waals surface area contributed by atoms with Crippen molar-refractivity contribution in [2.75, 3.05) is 0 Å². The van der Waals surface area contributed by atoms with Crippen LogP contribution in [0.1, 0.15) is 43.2 Å². The summed E-state index contributed by atoms with van der Waals surface area (Å²) in [6.45, 7) is 0. The second-order valence-corrected chi connectivity index (χ2v) is 15.7. The molecule has 51 heavy (non-hydrogen) atoms. The van der Waals surface area contributed by atoms with E-state index >= 15 is 0 Å². The van der Waals surface area contributed by atoms with Crippen LogP contribution in [0, 0.1) is 23.7 Å². The maximum absolute atomic E-state index is 5.27. The molecule has 4 heteroatoms. The molecule has 2 heterocycles. The van der Waals surface area contributed by atoms with E-state index < -0.39 is 0 Å². The molecular formula is C47H36N4. The average molecular weight is 657 g/mol. The van der Waals surface area contributed by atoms with Crippen LogP contribution in [-0.2, 0) is 5.41 Å². The molecule has 4 fully saturated rings. The zero-order chi connectivity index (χ0) is 33.3. The summed E-state index contributed by atoms with van der Waals surface area (Å²) in [6, 6.07) is 48.5. The molecule has 0 amide bonds. The fourth-order valence-electron chi connectivity index (χ4n) is 11.5. The van der Waals surface area contributed by atoms with E-state index in [0.29, 0.717) is 29.4 Å². The number of hydrogen-bond acceptors (Lipinski definition) is 3. The monoisotopic (exact) mass is 656 g/mol. The zero-order valence-electron chi connectivity index (χ0n) is 28.3. The first-order valence-corrected chi connectivity index (χ1v) is 18.7. The maximum Gasteiger partial charge on any atom is 0.238 e. The van der Waals surface area contributed by atoms with Crippen molar-refractivity contribution in [2.45, 2.75) is 37.5 Å². The highest BCUT2D eigenvalue weighted by molar-refractivity contribution is 6.20. The van der Waals surface area contributed by atoms with Gasteiger partial charge < -0.3 is 0 Å². The first-order chi connectivity index (χ1) is 25.2. The number of benzene rings is 6. The van der Waals surface area contributed by atoms with Gasteiger partial charge in [-0.05, 0) is 107 Å². The van der Waals surface area contributed by atoms with Crippen LogP contribution in [-0.4, -0.2) is 19.5 Å². The summed E-state index contributed by atoms with van der Waals surface area (Å²) in [5.74, 6) is 5.25. The van der Waals surface area contributed by atoms with Crippen molar-refractivity contribution in [3.63, 3.8) is 0 Å². The molecule has 5 aliphatic rings. The second-order valence-electron chi connectivity index (χ2n) is 15.7. The molecule has 4 nitrogen and oxygen atoms in total. The van der Waals surface area contributed by atoms with Crippen molar-refractivity contribution in [2.24, 2.45) is 23.7 Å². The summed E-state index contributed by atoms with van der Waals surface area (Å²) < 4.78 is 2.32. The van der Waals surface area contributed by atoms with Gasteiger partial charge in [-0.1, -0.05) is 115 Å². The highest BCUT2D eigenvalue weighted by Gasteiger charge is 2.61. The van der Waals surface area contributed by atoms with Crippen molar-refractivity contribution in [1.29, 1.82) is 0 Å². The molecule has 13 rings (SSSR count). The Kier molecular flexibility index (Phi) is 5.64. The van der Waals surface area contributed by atoms with Crippen LogP contribution in [0.2, 0.25) is 0 Å².